The van der Waals surface area contributed by atoms with E-state index in [-0.39, 0.29) is 30.9 Å². The summed E-state index contributed by atoms with van der Waals surface area (Å²) in [5.41, 5.74) is 3.39. The predicted molar refractivity (Wildman–Crippen MR) is 119 cm³/mol. The second kappa shape index (κ2) is 8.65. The highest BCUT2D eigenvalue weighted by molar-refractivity contribution is 5.90. The molecule has 0 heterocycles. The zero-order valence-electron chi connectivity index (χ0n) is 18.3. The minimum absolute atomic E-state index is 0.00282. The molecule has 7 heteroatoms. The van der Waals surface area contributed by atoms with E-state index in [9.17, 15) is 14.4 Å². The van der Waals surface area contributed by atoms with Crippen molar-refractivity contribution in [3.63, 3.8) is 0 Å². The van der Waals surface area contributed by atoms with Crippen LogP contribution in [0.2, 0.25) is 0 Å². The lowest BCUT2D eigenvalue weighted by Crippen LogP contribution is -2.59. The second-order valence-electron chi connectivity index (χ2n) is 8.88. The van der Waals surface area contributed by atoms with Crippen molar-refractivity contribution >= 4 is 18.0 Å². The molecule has 2 unspecified atom stereocenters. The van der Waals surface area contributed by atoms with Gasteiger partial charge in [0.25, 0.3) is 0 Å². The number of hydrogen-bond donors (Lipinski definition) is 3. The Labute approximate surface area is 187 Å². The molecule has 1 fully saturated rings. The van der Waals surface area contributed by atoms with E-state index in [1.807, 2.05) is 36.4 Å². The Balaban J connectivity index is 1.42. The number of carboxylic acids is 1. The Morgan fingerprint density at radius 1 is 1.06 bits per heavy atom. The Bertz CT molecular complexity index is 1000. The van der Waals surface area contributed by atoms with Gasteiger partial charge in [-0.15, -0.1) is 0 Å². The first-order valence-corrected chi connectivity index (χ1v) is 11.0. The van der Waals surface area contributed by atoms with Crippen LogP contribution in [0.15, 0.2) is 48.5 Å². The molecule has 1 saturated carbocycles. The van der Waals surface area contributed by atoms with E-state index in [0.29, 0.717) is 0 Å². The molecule has 0 aliphatic heterocycles. The molecule has 2 amide bonds. The van der Waals surface area contributed by atoms with E-state index in [4.69, 9.17) is 9.84 Å². The minimum Gasteiger partial charge on any atom is -0.481 e. The quantitative estimate of drug-likeness (QED) is 0.587. The van der Waals surface area contributed by atoms with E-state index >= 15 is 0 Å². The van der Waals surface area contributed by atoms with Gasteiger partial charge in [0, 0.05) is 12.5 Å². The molecule has 7 nitrogen and oxygen atoms in total. The average molecular weight is 437 g/mol. The van der Waals surface area contributed by atoms with E-state index in [1.165, 1.54) is 6.92 Å². The van der Waals surface area contributed by atoms with Crippen molar-refractivity contribution in [2.24, 2.45) is 11.8 Å². The van der Waals surface area contributed by atoms with Crippen LogP contribution in [-0.4, -0.2) is 41.8 Å². The van der Waals surface area contributed by atoms with Crippen molar-refractivity contribution in [2.75, 3.05) is 13.2 Å². The van der Waals surface area contributed by atoms with Crippen LogP contribution in [0.3, 0.4) is 0 Å². The van der Waals surface area contributed by atoms with Crippen LogP contribution in [0.5, 0.6) is 0 Å². The summed E-state index contributed by atoms with van der Waals surface area (Å²) in [4.78, 5) is 36.6. The van der Waals surface area contributed by atoms with Crippen molar-refractivity contribution in [1.82, 2.24) is 10.6 Å². The number of amides is 2. The van der Waals surface area contributed by atoms with Gasteiger partial charge in [0.1, 0.15) is 12.1 Å². The lowest BCUT2D eigenvalue weighted by Gasteiger charge is -2.30. The number of ether oxygens (including phenoxy) is 1. The summed E-state index contributed by atoms with van der Waals surface area (Å²) < 4.78 is 5.60. The molecule has 2 aliphatic rings. The first-order chi connectivity index (χ1) is 15.3. The summed E-state index contributed by atoms with van der Waals surface area (Å²) in [5, 5.41) is 14.5. The van der Waals surface area contributed by atoms with E-state index in [0.717, 1.165) is 35.1 Å². The van der Waals surface area contributed by atoms with Crippen LogP contribution in [0.4, 0.5) is 4.79 Å². The molecule has 0 bridgehead atoms. The van der Waals surface area contributed by atoms with Crippen LogP contribution in [-0.2, 0) is 14.3 Å². The largest absolute Gasteiger partial charge is 0.481 e. The fourth-order valence-corrected chi connectivity index (χ4v) is 4.37. The van der Waals surface area contributed by atoms with Gasteiger partial charge in [-0.1, -0.05) is 55.5 Å². The van der Waals surface area contributed by atoms with Gasteiger partial charge in [-0.25, -0.2) is 4.79 Å². The lowest BCUT2D eigenvalue weighted by atomic mass is 9.94. The predicted octanol–water partition coefficient (Wildman–Crippen LogP) is 3.53. The normalized spacial score (nSPS) is 17.4. The van der Waals surface area contributed by atoms with E-state index in [2.05, 4.69) is 22.8 Å². The highest BCUT2D eigenvalue weighted by atomic mass is 16.5. The minimum atomic E-state index is -1.14. The third-order valence-electron chi connectivity index (χ3n) is 6.56. The Hall–Kier alpha value is -3.35. The molecule has 0 aromatic heterocycles. The van der Waals surface area contributed by atoms with Gasteiger partial charge < -0.3 is 20.5 Å². The number of hydrogen-bond acceptors (Lipinski definition) is 4. The number of benzene rings is 2. The van der Waals surface area contributed by atoms with Crippen LogP contribution in [0.25, 0.3) is 11.1 Å². The van der Waals surface area contributed by atoms with Crippen molar-refractivity contribution in [1.29, 1.82) is 0 Å². The molecule has 32 heavy (non-hydrogen) atoms. The molecule has 168 valence electrons. The van der Waals surface area contributed by atoms with Crippen molar-refractivity contribution in [2.45, 2.75) is 38.1 Å². The fraction of sp³-hybridized carbons (Fsp3) is 0.400. The Kier molecular flexibility index (Phi) is 5.91. The summed E-state index contributed by atoms with van der Waals surface area (Å²) in [7, 11) is 0. The molecule has 2 aromatic carbocycles. The molecular weight excluding hydrogens is 408 g/mol. The molecule has 0 radical (unpaired) electrons. The maximum atomic E-state index is 12.8. The zero-order valence-corrected chi connectivity index (χ0v) is 18.3. The van der Waals surface area contributed by atoms with Gasteiger partial charge in [-0.2, -0.15) is 0 Å². The molecule has 0 spiro atoms. The summed E-state index contributed by atoms with van der Waals surface area (Å²) >= 11 is 0. The monoisotopic (exact) mass is 436 g/mol. The zero-order chi connectivity index (χ0) is 22.9. The highest BCUT2D eigenvalue weighted by Crippen LogP contribution is 2.44. The van der Waals surface area contributed by atoms with Crippen molar-refractivity contribution < 1.29 is 24.2 Å². The third-order valence-corrected chi connectivity index (χ3v) is 6.56. The fourth-order valence-electron chi connectivity index (χ4n) is 4.37. The highest BCUT2D eigenvalue weighted by Gasteiger charge is 2.48. The van der Waals surface area contributed by atoms with Gasteiger partial charge in [0.2, 0.25) is 5.91 Å². The molecule has 3 N–H and O–H groups in total. The summed E-state index contributed by atoms with van der Waals surface area (Å²) in [5.74, 6) is -2.14. The SMILES string of the molecule is CC(CNC(=O)C(C)(NC(=O)OCC1c2ccccc2-c2ccccc21)C1CC1)C(=O)O. The van der Waals surface area contributed by atoms with E-state index < -0.39 is 23.5 Å². The summed E-state index contributed by atoms with van der Waals surface area (Å²) in [6.07, 6.45) is 0.993. The van der Waals surface area contributed by atoms with Crippen molar-refractivity contribution in [3.05, 3.63) is 59.7 Å². The number of carbonyl (C=O) groups excluding carboxylic acids is 2. The van der Waals surface area contributed by atoms with E-state index in [1.54, 1.807) is 6.92 Å². The smallest absolute Gasteiger partial charge is 0.408 e. The molecule has 2 atom stereocenters. The Morgan fingerprint density at radius 3 is 2.16 bits per heavy atom. The number of fused-ring (bicyclic) bond motifs is 3. The number of carboxylic acid groups (broad SMARTS) is 1. The number of carbonyl (C=O) groups is 3. The first-order valence-electron chi connectivity index (χ1n) is 11.0. The van der Waals surface area contributed by atoms with Gasteiger partial charge in [0.05, 0.1) is 5.92 Å². The second-order valence-corrected chi connectivity index (χ2v) is 8.88. The number of alkyl carbamates (subject to hydrolysis) is 1. The first kappa shape index (κ1) is 21.9. The maximum absolute atomic E-state index is 12.8. The average Bonchev–Trinajstić information content (AvgIpc) is 3.59. The molecule has 2 aromatic rings. The molecular formula is C25H28N2O5. The topological polar surface area (TPSA) is 105 Å². The van der Waals surface area contributed by atoms with Crippen LogP contribution < -0.4 is 10.6 Å². The molecule has 0 saturated heterocycles. The van der Waals surface area contributed by atoms with Gasteiger partial charge in [-0.3, -0.25) is 9.59 Å². The lowest BCUT2D eigenvalue weighted by molar-refractivity contribution is -0.141. The summed E-state index contributed by atoms with van der Waals surface area (Å²) in [6.45, 7) is 3.37. The van der Waals surface area contributed by atoms with Crippen molar-refractivity contribution in [3.8, 4) is 11.1 Å². The van der Waals surface area contributed by atoms with Gasteiger partial charge in [-0.05, 0) is 47.9 Å². The van der Waals surface area contributed by atoms with Gasteiger partial charge >= 0.3 is 12.1 Å². The van der Waals surface area contributed by atoms with Crippen LogP contribution >= 0.6 is 0 Å². The maximum Gasteiger partial charge on any atom is 0.408 e. The number of nitrogens with one attached hydrogen (secondary N) is 2. The number of aliphatic carboxylic acids is 1. The number of rotatable bonds is 8. The molecule has 4 rings (SSSR count). The summed E-state index contributed by atoms with van der Waals surface area (Å²) in [6, 6.07) is 16.2. The van der Waals surface area contributed by atoms with Crippen LogP contribution in [0, 0.1) is 11.8 Å². The molecule has 2 aliphatic carbocycles. The Morgan fingerprint density at radius 2 is 1.62 bits per heavy atom. The van der Waals surface area contributed by atoms with Crippen LogP contribution in [0.1, 0.15) is 43.7 Å². The standard InChI is InChI=1S/C25H28N2O5/c1-15(22(28)29)13-26-23(30)25(2,16-11-12-16)27-24(31)32-14-21-19-9-5-3-7-17(19)18-8-4-6-10-20(18)21/h3-10,15-16,21H,11-14H2,1-2H3,(H,26,30)(H,27,31)(H,28,29). The third kappa shape index (κ3) is 4.20. The van der Waals surface area contributed by atoms with Gasteiger partial charge in [0.15, 0.2) is 0 Å².